The highest BCUT2D eigenvalue weighted by molar-refractivity contribution is 5.95. The Morgan fingerprint density at radius 2 is 2.21 bits per heavy atom. The number of piperazine rings is 1. The molecule has 2 saturated heterocycles. The number of rotatable bonds is 6. The van der Waals surface area contributed by atoms with Crippen LogP contribution in [0.3, 0.4) is 0 Å². The van der Waals surface area contributed by atoms with E-state index in [1.165, 1.54) is 0 Å². The summed E-state index contributed by atoms with van der Waals surface area (Å²) < 4.78 is 0. The van der Waals surface area contributed by atoms with E-state index in [-0.39, 0.29) is 24.4 Å². The fourth-order valence-electron chi connectivity index (χ4n) is 2.90. The molecule has 2 unspecified atom stereocenters. The first-order chi connectivity index (χ1) is 9.13. The SMILES string of the molecule is CCCNC(C)CCN1CC(=O)N2CCCC2C1=O. The molecule has 0 radical (unpaired) electrons. The Balaban J connectivity index is 1.83. The van der Waals surface area contributed by atoms with Crippen LogP contribution in [0, 0.1) is 0 Å². The molecule has 2 heterocycles. The smallest absolute Gasteiger partial charge is 0.245 e. The summed E-state index contributed by atoms with van der Waals surface area (Å²) in [6.45, 7) is 7.00. The zero-order chi connectivity index (χ0) is 13.8. The minimum Gasteiger partial charge on any atom is -0.332 e. The molecule has 0 bridgehead atoms. The molecule has 1 N–H and O–H groups in total. The second-order valence-corrected chi connectivity index (χ2v) is 5.65. The third-order valence-electron chi connectivity index (χ3n) is 4.07. The van der Waals surface area contributed by atoms with Crippen LogP contribution >= 0.6 is 0 Å². The molecule has 19 heavy (non-hydrogen) atoms. The average Bonchev–Trinajstić information content (AvgIpc) is 2.89. The molecule has 2 atom stereocenters. The van der Waals surface area contributed by atoms with Gasteiger partial charge < -0.3 is 15.1 Å². The molecule has 0 aromatic rings. The Hall–Kier alpha value is -1.10. The number of nitrogens with zero attached hydrogens (tertiary/aromatic N) is 2. The molecular formula is C14H25N3O2. The fourth-order valence-corrected chi connectivity index (χ4v) is 2.90. The number of nitrogens with one attached hydrogen (secondary N) is 1. The molecular weight excluding hydrogens is 242 g/mol. The summed E-state index contributed by atoms with van der Waals surface area (Å²) in [4.78, 5) is 27.8. The summed E-state index contributed by atoms with van der Waals surface area (Å²) in [5.74, 6) is 0.274. The first kappa shape index (κ1) is 14.3. The van der Waals surface area contributed by atoms with E-state index in [4.69, 9.17) is 0 Å². The number of hydrogen-bond acceptors (Lipinski definition) is 3. The quantitative estimate of drug-likeness (QED) is 0.766. The highest BCUT2D eigenvalue weighted by Crippen LogP contribution is 2.23. The summed E-state index contributed by atoms with van der Waals surface area (Å²) in [6.07, 6.45) is 3.82. The predicted molar refractivity (Wildman–Crippen MR) is 73.7 cm³/mol. The van der Waals surface area contributed by atoms with Crippen LogP contribution in [-0.4, -0.2) is 59.9 Å². The normalized spacial score (nSPS) is 24.8. The molecule has 0 spiro atoms. The number of amides is 2. The molecule has 2 rings (SSSR count). The van der Waals surface area contributed by atoms with E-state index < -0.39 is 0 Å². The van der Waals surface area contributed by atoms with E-state index in [1.807, 2.05) is 0 Å². The molecule has 0 aromatic carbocycles. The number of carbonyl (C=O) groups is 2. The largest absolute Gasteiger partial charge is 0.332 e. The molecule has 0 aliphatic carbocycles. The van der Waals surface area contributed by atoms with Crippen molar-refractivity contribution in [3.63, 3.8) is 0 Å². The van der Waals surface area contributed by atoms with Crippen LogP contribution in [0.2, 0.25) is 0 Å². The van der Waals surface area contributed by atoms with Crippen molar-refractivity contribution in [1.29, 1.82) is 0 Å². The van der Waals surface area contributed by atoms with E-state index in [0.29, 0.717) is 12.6 Å². The van der Waals surface area contributed by atoms with E-state index in [1.54, 1.807) is 9.80 Å². The van der Waals surface area contributed by atoms with E-state index >= 15 is 0 Å². The van der Waals surface area contributed by atoms with Gasteiger partial charge in [-0.25, -0.2) is 0 Å². The fraction of sp³-hybridized carbons (Fsp3) is 0.857. The van der Waals surface area contributed by atoms with Gasteiger partial charge in [0.1, 0.15) is 6.04 Å². The first-order valence-corrected chi connectivity index (χ1v) is 7.45. The van der Waals surface area contributed by atoms with Gasteiger partial charge in [-0.1, -0.05) is 6.92 Å². The van der Waals surface area contributed by atoms with Gasteiger partial charge >= 0.3 is 0 Å². The van der Waals surface area contributed by atoms with Crippen molar-refractivity contribution in [3.05, 3.63) is 0 Å². The maximum absolute atomic E-state index is 12.3. The van der Waals surface area contributed by atoms with E-state index in [0.717, 1.165) is 38.8 Å². The van der Waals surface area contributed by atoms with Gasteiger partial charge in [-0.3, -0.25) is 9.59 Å². The minimum atomic E-state index is -0.167. The van der Waals surface area contributed by atoms with Gasteiger partial charge in [0.2, 0.25) is 11.8 Å². The van der Waals surface area contributed by atoms with Gasteiger partial charge in [-0.2, -0.15) is 0 Å². The molecule has 0 saturated carbocycles. The van der Waals surface area contributed by atoms with Crippen molar-refractivity contribution in [1.82, 2.24) is 15.1 Å². The van der Waals surface area contributed by atoms with Crippen LogP contribution in [0.25, 0.3) is 0 Å². The van der Waals surface area contributed by atoms with Crippen molar-refractivity contribution >= 4 is 11.8 Å². The van der Waals surface area contributed by atoms with Gasteiger partial charge in [0, 0.05) is 19.1 Å². The Morgan fingerprint density at radius 1 is 1.42 bits per heavy atom. The minimum absolute atomic E-state index is 0.122. The highest BCUT2D eigenvalue weighted by Gasteiger charge is 2.41. The third kappa shape index (κ3) is 3.26. The van der Waals surface area contributed by atoms with Crippen molar-refractivity contribution in [2.24, 2.45) is 0 Å². The van der Waals surface area contributed by atoms with Gasteiger partial charge in [0.15, 0.2) is 0 Å². The van der Waals surface area contributed by atoms with E-state index in [9.17, 15) is 9.59 Å². The van der Waals surface area contributed by atoms with Crippen LogP contribution in [0.4, 0.5) is 0 Å². The lowest BCUT2D eigenvalue weighted by atomic mass is 10.1. The number of hydrogen-bond donors (Lipinski definition) is 1. The van der Waals surface area contributed by atoms with Gasteiger partial charge in [-0.05, 0) is 39.2 Å². The predicted octanol–water partition coefficient (Wildman–Crippen LogP) is 0.598. The standard InChI is InChI=1S/C14H25N3O2/c1-3-7-15-11(2)6-9-16-10-13(18)17-8-4-5-12(17)14(16)19/h11-12,15H,3-10H2,1-2H3. The zero-order valence-electron chi connectivity index (χ0n) is 12.0. The van der Waals surface area contributed by atoms with Crippen molar-refractivity contribution in [2.75, 3.05) is 26.2 Å². The Morgan fingerprint density at radius 3 is 2.95 bits per heavy atom. The molecule has 5 heteroatoms. The van der Waals surface area contributed by atoms with Crippen molar-refractivity contribution in [3.8, 4) is 0 Å². The molecule has 0 aromatic heterocycles. The summed E-state index contributed by atoms with van der Waals surface area (Å²) in [7, 11) is 0. The second kappa shape index (κ2) is 6.37. The second-order valence-electron chi connectivity index (χ2n) is 5.65. The maximum Gasteiger partial charge on any atom is 0.245 e. The summed E-state index contributed by atoms with van der Waals surface area (Å²) in [6, 6.07) is 0.226. The van der Waals surface area contributed by atoms with Crippen LogP contribution in [0.15, 0.2) is 0 Å². The topological polar surface area (TPSA) is 52.7 Å². The van der Waals surface area contributed by atoms with Crippen molar-refractivity contribution in [2.45, 2.75) is 51.6 Å². The lowest BCUT2D eigenvalue weighted by molar-refractivity contribution is -0.153. The van der Waals surface area contributed by atoms with Crippen LogP contribution in [-0.2, 0) is 9.59 Å². The first-order valence-electron chi connectivity index (χ1n) is 7.45. The highest BCUT2D eigenvalue weighted by atomic mass is 16.2. The van der Waals surface area contributed by atoms with Crippen molar-refractivity contribution < 1.29 is 9.59 Å². The Labute approximate surface area is 115 Å². The van der Waals surface area contributed by atoms with Gasteiger partial charge in [0.05, 0.1) is 6.54 Å². The third-order valence-corrected chi connectivity index (χ3v) is 4.07. The summed E-state index contributed by atoms with van der Waals surface area (Å²) in [5, 5.41) is 3.41. The monoisotopic (exact) mass is 267 g/mol. The molecule has 5 nitrogen and oxygen atoms in total. The summed E-state index contributed by atoms with van der Waals surface area (Å²) in [5.41, 5.74) is 0. The lowest BCUT2D eigenvalue weighted by Gasteiger charge is -2.36. The molecule has 2 aliphatic rings. The van der Waals surface area contributed by atoms with Crippen LogP contribution < -0.4 is 5.32 Å². The Kier molecular flexibility index (Phi) is 4.80. The molecule has 2 aliphatic heterocycles. The van der Waals surface area contributed by atoms with E-state index in [2.05, 4.69) is 19.2 Å². The lowest BCUT2D eigenvalue weighted by Crippen LogP contribution is -2.57. The molecule has 2 fully saturated rings. The van der Waals surface area contributed by atoms with Crippen LogP contribution in [0.5, 0.6) is 0 Å². The van der Waals surface area contributed by atoms with Gasteiger partial charge in [0.25, 0.3) is 0 Å². The maximum atomic E-state index is 12.3. The van der Waals surface area contributed by atoms with Crippen LogP contribution in [0.1, 0.15) is 39.5 Å². The zero-order valence-corrected chi connectivity index (χ0v) is 12.0. The number of fused-ring (bicyclic) bond motifs is 1. The Bertz CT molecular complexity index is 346. The number of carbonyl (C=O) groups excluding carboxylic acids is 2. The molecule has 2 amide bonds. The molecule has 108 valence electrons. The average molecular weight is 267 g/mol. The summed E-state index contributed by atoms with van der Waals surface area (Å²) >= 11 is 0. The van der Waals surface area contributed by atoms with Gasteiger partial charge in [-0.15, -0.1) is 0 Å².